The van der Waals surface area contributed by atoms with Crippen molar-refractivity contribution in [3.8, 4) is 0 Å². The quantitative estimate of drug-likeness (QED) is 0.726. The molecular formula is C13H22BrNO4. The summed E-state index contributed by atoms with van der Waals surface area (Å²) in [5.41, 5.74) is -0.587. The minimum Gasteiger partial charge on any atom is -0.444 e. The highest BCUT2D eigenvalue weighted by molar-refractivity contribution is 9.09. The van der Waals surface area contributed by atoms with E-state index in [9.17, 15) is 14.4 Å². The molecular weight excluding hydrogens is 314 g/mol. The third-order valence-electron chi connectivity index (χ3n) is 2.18. The van der Waals surface area contributed by atoms with Gasteiger partial charge in [0.15, 0.2) is 0 Å². The molecule has 19 heavy (non-hydrogen) atoms. The minimum atomic E-state index is -0.587. The fourth-order valence-electron chi connectivity index (χ4n) is 1.45. The van der Waals surface area contributed by atoms with Crippen LogP contribution in [0.1, 0.15) is 47.0 Å². The molecule has 0 spiro atoms. The zero-order valence-electron chi connectivity index (χ0n) is 11.9. The van der Waals surface area contributed by atoms with Crippen molar-refractivity contribution in [3.63, 3.8) is 0 Å². The van der Waals surface area contributed by atoms with E-state index < -0.39 is 11.7 Å². The second-order valence-corrected chi connectivity index (χ2v) is 6.02. The number of alkyl carbamates (subject to hydrolysis) is 1. The van der Waals surface area contributed by atoms with Gasteiger partial charge >= 0.3 is 6.09 Å². The lowest BCUT2D eigenvalue weighted by Crippen LogP contribution is -2.40. The lowest BCUT2D eigenvalue weighted by Gasteiger charge is -2.23. The predicted octanol–water partition coefficient (Wildman–Crippen LogP) is 2.60. The molecule has 1 atom stereocenters. The van der Waals surface area contributed by atoms with Crippen LogP contribution in [0.2, 0.25) is 0 Å². The normalized spacial score (nSPS) is 12.7. The van der Waals surface area contributed by atoms with Gasteiger partial charge in [0, 0.05) is 18.9 Å². The smallest absolute Gasteiger partial charge is 0.407 e. The summed E-state index contributed by atoms with van der Waals surface area (Å²) >= 11 is 3.08. The number of amides is 1. The Hall–Kier alpha value is -0.910. The van der Waals surface area contributed by atoms with E-state index >= 15 is 0 Å². The van der Waals surface area contributed by atoms with E-state index in [1.54, 1.807) is 20.8 Å². The highest BCUT2D eigenvalue weighted by Crippen LogP contribution is 2.09. The van der Waals surface area contributed by atoms with Crippen LogP contribution in [0.5, 0.6) is 0 Å². The number of ether oxygens (including phenoxy) is 1. The van der Waals surface area contributed by atoms with Crippen LogP contribution in [0.4, 0.5) is 4.79 Å². The Morgan fingerprint density at radius 1 is 1.26 bits per heavy atom. The largest absolute Gasteiger partial charge is 0.444 e. The summed E-state index contributed by atoms with van der Waals surface area (Å²) in [4.78, 5) is 34.0. The summed E-state index contributed by atoms with van der Waals surface area (Å²) < 4.78 is 5.13. The van der Waals surface area contributed by atoms with Gasteiger partial charge in [0.25, 0.3) is 0 Å². The topological polar surface area (TPSA) is 72.5 Å². The molecule has 0 radical (unpaired) electrons. The number of nitrogens with one attached hydrogen (secondary N) is 1. The maximum absolute atomic E-state index is 11.6. The van der Waals surface area contributed by atoms with Crippen molar-refractivity contribution in [1.82, 2.24) is 5.32 Å². The van der Waals surface area contributed by atoms with E-state index in [4.69, 9.17) is 4.74 Å². The lowest BCUT2D eigenvalue weighted by atomic mass is 10.0. The van der Waals surface area contributed by atoms with Crippen LogP contribution in [-0.2, 0) is 14.3 Å². The highest BCUT2D eigenvalue weighted by atomic mass is 79.9. The van der Waals surface area contributed by atoms with E-state index in [0.717, 1.165) is 0 Å². The Morgan fingerprint density at radius 2 is 1.84 bits per heavy atom. The molecule has 5 nitrogen and oxygen atoms in total. The van der Waals surface area contributed by atoms with Gasteiger partial charge < -0.3 is 10.1 Å². The molecule has 0 saturated heterocycles. The molecule has 0 heterocycles. The minimum absolute atomic E-state index is 0.0349. The summed E-state index contributed by atoms with van der Waals surface area (Å²) in [7, 11) is 0. The molecule has 6 heteroatoms. The maximum Gasteiger partial charge on any atom is 0.407 e. The number of carbonyl (C=O) groups excluding carboxylic acids is 3. The van der Waals surface area contributed by atoms with Gasteiger partial charge in [-0.25, -0.2) is 4.79 Å². The van der Waals surface area contributed by atoms with Gasteiger partial charge in [0.2, 0.25) is 0 Å². The fourth-order valence-corrected chi connectivity index (χ4v) is 1.73. The second kappa shape index (κ2) is 8.30. The van der Waals surface area contributed by atoms with E-state index in [1.807, 2.05) is 0 Å². The zero-order valence-corrected chi connectivity index (χ0v) is 13.5. The number of rotatable bonds is 7. The SMILES string of the molecule is CC(=O)C[C@@H](CCC(=O)CBr)NC(=O)OC(C)(C)C. The molecule has 0 bridgehead atoms. The molecule has 0 saturated carbocycles. The summed E-state index contributed by atoms with van der Waals surface area (Å²) in [5.74, 6) is 0.00638. The first-order valence-electron chi connectivity index (χ1n) is 6.20. The van der Waals surface area contributed by atoms with Crippen molar-refractivity contribution in [2.75, 3.05) is 5.33 Å². The van der Waals surface area contributed by atoms with Crippen molar-refractivity contribution in [2.45, 2.75) is 58.6 Å². The maximum atomic E-state index is 11.6. The first kappa shape index (κ1) is 18.1. The monoisotopic (exact) mass is 335 g/mol. The van der Waals surface area contributed by atoms with Gasteiger partial charge in [-0.2, -0.15) is 0 Å². The van der Waals surface area contributed by atoms with Crippen molar-refractivity contribution in [1.29, 1.82) is 0 Å². The average Bonchev–Trinajstić information content (AvgIpc) is 2.21. The van der Waals surface area contributed by atoms with Crippen molar-refractivity contribution in [3.05, 3.63) is 0 Å². The number of halogens is 1. The van der Waals surface area contributed by atoms with Crippen molar-refractivity contribution < 1.29 is 19.1 Å². The molecule has 0 aromatic carbocycles. The Kier molecular flexibility index (Phi) is 7.90. The Morgan fingerprint density at radius 3 is 2.26 bits per heavy atom. The first-order chi connectivity index (χ1) is 8.64. The lowest BCUT2D eigenvalue weighted by molar-refractivity contribution is -0.119. The van der Waals surface area contributed by atoms with E-state index in [-0.39, 0.29) is 29.4 Å². The van der Waals surface area contributed by atoms with Crippen LogP contribution in [0.15, 0.2) is 0 Å². The predicted molar refractivity (Wildman–Crippen MR) is 76.5 cm³/mol. The van der Waals surface area contributed by atoms with Crippen LogP contribution >= 0.6 is 15.9 Å². The summed E-state index contributed by atoms with van der Waals surface area (Å²) in [6.45, 7) is 6.75. The van der Waals surface area contributed by atoms with Crippen LogP contribution in [0.25, 0.3) is 0 Å². The van der Waals surface area contributed by atoms with Gasteiger partial charge in [0.05, 0.1) is 5.33 Å². The van der Waals surface area contributed by atoms with E-state index in [1.165, 1.54) is 6.92 Å². The molecule has 1 N–H and O–H groups in total. The molecule has 0 aliphatic heterocycles. The molecule has 0 rings (SSSR count). The molecule has 0 unspecified atom stereocenters. The Bertz CT molecular complexity index is 336. The Labute approximate surface area is 122 Å². The number of ketones is 2. The van der Waals surface area contributed by atoms with Gasteiger partial charge in [-0.1, -0.05) is 15.9 Å². The van der Waals surface area contributed by atoms with Gasteiger partial charge in [-0.05, 0) is 34.1 Å². The van der Waals surface area contributed by atoms with Crippen LogP contribution < -0.4 is 5.32 Å². The molecule has 0 aliphatic rings. The second-order valence-electron chi connectivity index (χ2n) is 5.46. The number of Topliss-reactive ketones (excluding diaryl/α,β-unsaturated/α-hetero) is 2. The van der Waals surface area contributed by atoms with Gasteiger partial charge in [0.1, 0.15) is 17.2 Å². The van der Waals surface area contributed by atoms with Gasteiger partial charge in [-0.15, -0.1) is 0 Å². The molecule has 0 aromatic rings. The molecule has 110 valence electrons. The molecule has 0 aliphatic carbocycles. The summed E-state index contributed by atoms with van der Waals surface area (Å²) in [6, 6.07) is -0.365. The number of alkyl halides is 1. The summed E-state index contributed by atoms with van der Waals surface area (Å²) in [5, 5.41) is 2.92. The molecule has 1 amide bonds. The zero-order chi connectivity index (χ0) is 15.1. The van der Waals surface area contributed by atoms with Crippen LogP contribution in [0, 0.1) is 0 Å². The first-order valence-corrected chi connectivity index (χ1v) is 7.33. The third-order valence-corrected chi connectivity index (χ3v) is 2.80. The average molecular weight is 336 g/mol. The Balaban J connectivity index is 4.38. The third kappa shape index (κ3) is 10.7. The standard InChI is InChI=1S/C13H22BrNO4/c1-9(16)7-10(5-6-11(17)8-14)15-12(18)19-13(2,3)4/h10H,5-8H2,1-4H3,(H,15,18)/t10-/m1/s1. The highest BCUT2D eigenvalue weighted by Gasteiger charge is 2.20. The van der Waals surface area contributed by atoms with Crippen LogP contribution in [-0.4, -0.2) is 34.6 Å². The van der Waals surface area contributed by atoms with E-state index in [2.05, 4.69) is 21.2 Å². The molecule has 0 aromatic heterocycles. The number of hydrogen-bond donors (Lipinski definition) is 1. The van der Waals surface area contributed by atoms with Gasteiger partial charge in [-0.3, -0.25) is 9.59 Å². The fraction of sp³-hybridized carbons (Fsp3) is 0.769. The van der Waals surface area contributed by atoms with Crippen molar-refractivity contribution in [2.24, 2.45) is 0 Å². The van der Waals surface area contributed by atoms with Crippen molar-refractivity contribution >= 4 is 33.6 Å². The van der Waals surface area contributed by atoms with E-state index in [0.29, 0.717) is 12.8 Å². The number of hydrogen-bond acceptors (Lipinski definition) is 4. The number of carbonyl (C=O) groups is 3. The summed E-state index contributed by atoms with van der Waals surface area (Å²) in [6.07, 6.45) is 0.391. The molecule has 0 fully saturated rings. The van der Waals surface area contributed by atoms with Crippen LogP contribution in [0.3, 0.4) is 0 Å².